The maximum Gasteiger partial charge on any atom is 0.335 e. The lowest BCUT2D eigenvalue weighted by Gasteiger charge is -2.18. The highest BCUT2D eigenvalue weighted by Gasteiger charge is 2.26. The second-order valence-corrected chi connectivity index (χ2v) is 3.33. The zero-order valence-corrected chi connectivity index (χ0v) is 9.51. The third-order valence-corrected chi connectivity index (χ3v) is 1.86. The lowest BCUT2D eigenvalue weighted by molar-refractivity contribution is -0.161. The molecule has 0 aromatic rings. The first-order valence-corrected chi connectivity index (χ1v) is 5.14. The molecule has 0 aliphatic heterocycles. The molecule has 0 heterocycles. The van der Waals surface area contributed by atoms with E-state index in [4.69, 9.17) is 9.84 Å². The van der Waals surface area contributed by atoms with Gasteiger partial charge in [0.15, 0.2) is 6.10 Å². The molecule has 94 valence electrons. The van der Waals surface area contributed by atoms with E-state index in [2.05, 4.69) is 4.74 Å². The third-order valence-electron chi connectivity index (χ3n) is 1.86. The van der Waals surface area contributed by atoms with Crippen LogP contribution in [0.3, 0.4) is 0 Å². The molecular formula is C10H18O6. The molecule has 0 spiro atoms. The highest BCUT2D eigenvalue weighted by molar-refractivity contribution is 5.73. The predicted octanol–water partition coefficient (Wildman–Crippen LogP) is 0.180. The fourth-order valence-corrected chi connectivity index (χ4v) is 1.15. The van der Waals surface area contributed by atoms with Crippen LogP contribution >= 0.6 is 0 Å². The summed E-state index contributed by atoms with van der Waals surface area (Å²) in [5.41, 5.74) is 0. The number of aliphatic carboxylic acids is 1. The van der Waals surface area contributed by atoms with Crippen LogP contribution in [0.4, 0.5) is 0 Å². The highest BCUT2D eigenvalue weighted by Crippen LogP contribution is 2.06. The maximum absolute atomic E-state index is 10.8. The molecule has 0 saturated heterocycles. The topological polar surface area (TPSA) is 93.1 Å². The summed E-state index contributed by atoms with van der Waals surface area (Å²) in [7, 11) is 0. The largest absolute Gasteiger partial charge is 0.479 e. The van der Waals surface area contributed by atoms with Crippen molar-refractivity contribution in [3.63, 3.8) is 0 Å². The summed E-state index contributed by atoms with van der Waals surface area (Å²) < 4.78 is 9.51. The van der Waals surface area contributed by atoms with Gasteiger partial charge in [0.25, 0.3) is 0 Å². The molecule has 0 saturated carbocycles. The van der Waals surface area contributed by atoms with Gasteiger partial charge in [-0.15, -0.1) is 0 Å². The van der Waals surface area contributed by atoms with Gasteiger partial charge < -0.3 is 19.7 Å². The van der Waals surface area contributed by atoms with Crippen LogP contribution in [0.15, 0.2) is 0 Å². The van der Waals surface area contributed by atoms with Crippen LogP contribution in [-0.4, -0.2) is 47.6 Å². The Bertz CT molecular complexity index is 227. The van der Waals surface area contributed by atoms with E-state index in [1.807, 2.05) is 6.92 Å². The van der Waals surface area contributed by atoms with Gasteiger partial charge in [0.05, 0.1) is 12.7 Å². The van der Waals surface area contributed by atoms with E-state index in [9.17, 15) is 14.7 Å². The molecule has 16 heavy (non-hydrogen) atoms. The van der Waals surface area contributed by atoms with E-state index >= 15 is 0 Å². The van der Waals surface area contributed by atoms with Gasteiger partial charge in [0.2, 0.25) is 0 Å². The molecule has 0 aliphatic rings. The van der Waals surface area contributed by atoms with Crippen molar-refractivity contribution >= 4 is 11.9 Å². The normalized spacial score (nSPS) is 14.2. The highest BCUT2D eigenvalue weighted by atomic mass is 16.6. The zero-order chi connectivity index (χ0) is 12.6. The molecular weight excluding hydrogens is 216 g/mol. The van der Waals surface area contributed by atoms with Crippen LogP contribution in [0, 0.1) is 0 Å². The number of aliphatic hydroxyl groups is 1. The maximum atomic E-state index is 10.8. The minimum atomic E-state index is -1.27. The first-order chi connectivity index (χ1) is 7.49. The Morgan fingerprint density at radius 3 is 2.38 bits per heavy atom. The fourth-order valence-electron chi connectivity index (χ4n) is 1.15. The molecule has 0 aliphatic carbocycles. The second-order valence-electron chi connectivity index (χ2n) is 3.33. The minimum Gasteiger partial charge on any atom is -0.479 e. The van der Waals surface area contributed by atoms with Gasteiger partial charge in [-0.25, -0.2) is 4.79 Å². The van der Waals surface area contributed by atoms with Crippen molar-refractivity contribution in [1.82, 2.24) is 0 Å². The number of carbonyl (C=O) groups excluding carboxylic acids is 1. The van der Waals surface area contributed by atoms with Gasteiger partial charge in [0, 0.05) is 6.92 Å². The molecule has 0 rings (SSSR count). The van der Waals surface area contributed by atoms with Gasteiger partial charge in [-0.3, -0.25) is 4.79 Å². The molecule has 0 fully saturated rings. The van der Waals surface area contributed by atoms with E-state index in [0.29, 0.717) is 12.8 Å². The number of rotatable bonds is 8. The zero-order valence-electron chi connectivity index (χ0n) is 9.51. The molecule has 0 aromatic carbocycles. The number of ether oxygens (including phenoxy) is 2. The van der Waals surface area contributed by atoms with Crippen molar-refractivity contribution in [2.45, 2.75) is 38.9 Å². The first-order valence-electron chi connectivity index (χ1n) is 5.14. The van der Waals surface area contributed by atoms with Gasteiger partial charge in [-0.2, -0.15) is 0 Å². The quantitative estimate of drug-likeness (QED) is 0.459. The van der Waals surface area contributed by atoms with Crippen molar-refractivity contribution in [2.24, 2.45) is 0 Å². The van der Waals surface area contributed by atoms with Crippen LogP contribution in [-0.2, 0) is 19.1 Å². The summed E-state index contributed by atoms with van der Waals surface area (Å²) in [5.74, 6) is -1.67. The third kappa shape index (κ3) is 6.36. The smallest absolute Gasteiger partial charge is 0.335 e. The molecule has 2 atom stereocenters. The second kappa shape index (κ2) is 8.06. The number of carboxylic acid groups (broad SMARTS) is 1. The first kappa shape index (κ1) is 14.9. The Hall–Kier alpha value is -1.14. The summed E-state index contributed by atoms with van der Waals surface area (Å²) in [5, 5.41) is 18.3. The minimum absolute atomic E-state index is 0.0159. The number of hydrogen-bond acceptors (Lipinski definition) is 5. The van der Waals surface area contributed by atoms with Gasteiger partial charge in [-0.1, -0.05) is 13.3 Å². The Morgan fingerprint density at radius 1 is 1.31 bits per heavy atom. The van der Waals surface area contributed by atoms with Crippen molar-refractivity contribution < 1.29 is 29.3 Å². The standard InChI is InChI=1S/C10H18O6/c1-3-4-8(12)9(10(13)14)16-6-5-15-7(2)11/h8-9,12H,3-6H2,1-2H3,(H,13,14). The van der Waals surface area contributed by atoms with Crippen LogP contribution in [0.1, 0.15) is 26.7 Å². The Balaban J connectivity index is 3.94. The van der Waals surface area contributed by atoms with Crippen LogP contribution in [0.25, 0.3) is 0 Å². The molecule has 0 amide bonds. The summed E-state index contributed by atoms with van der Waals surface area (Å²) in [6.45, 7) is 3.02. The SMILES string of the molecule is CCCC(O)C(OCCOC(C)=O)C(=O)O. The molecule has 2 unspecified atom stereocenters. The van der Waals surface area contributed by atoms with E-state index in [-0.39, 0.29) is 13.2 Å². The van der Waals surface area contributed by atoms with E-state index in [0.717, 1.165) is 0 Å². The van der Waals surface area contributed by atoms with Crippen molar-refractivity contribution in [3.05, 3.63) is 0 Å². The van der Waals surface area contributed by atoms with Crippen molar-refractivity contribution in [2.75, 3.05) is 13.2 Å². The average molecular weight is 234 g/mol. The van der Waals surface area contributed by atoms with E-state index < -0.39 is 24.1 Å². The van der Waals surface area contributed by atoms with Gasteiger partial charge in [-0.05, 0) is 6.42 Å². The molecule has 6 nitrogen and oxygen atoms in total. The van der Waals surface area contributed by atoms with Crippen molar-refractivity contribution in [1.29, 1.82) is 0 Å². The monoisotopic (exact) mass is 234 g/mol. The number of aliphatic hydroxyl groups excluding tert-OH is 1. The number of hydrogen-bond donors (Lipinski definition) is 2. The Kier molecular flexibility index (Phi) is 7.49. The van der Waals surface area contributed by atoms with Crippen LogP contribution in [0.5, 0.6) is 0 Å². The summed E-state index contributed by atoms with van der Waals surface area (Å²) in [6.07, 6.45) is -1.29. The predicted molar refractivity (Wildman–Crippen MR) is 54.9 cm³/mol. The molecule has 0 aromatic heterocycles. The molecule has 2 N–H and O–H groups in total. The van der Waals surface area contributed by atoms with Crippen LogP contribution in [0.2, 0.25) is 0 Å². The van der Waals surface area contributed by atoms with E-state index in [1.54, 1.807) is 0 Å². The molecule has 0 bridgehead atoms. The van der Waals surface area contributed by atoms with Crippen LogP contribution < -0.4 is 0 Å². The number of esters is 1. The Morgan fingerprint density at radius 2 is 1.94 bits per heavy atom. The summed E-state index contributed by atoms with van der Waals surface area (Å²) >= 11 is 0. The Labute approximate surface area is 94.2 Å². The van der Waals surface area contributed by atoms with Gasteiger partial charge >= 0.3 is 11.9 Å². The van der Waals surface area contributed by atoms with E-state index in [1.165, 1.54) is 6.92 Å². The summed E-state index contributed by atoms with van der Waals surface area (Å²) in [6, 6.07) is 0. The van der Waals surface area contributed by atoms with Gasteiger partial charge in [0.1, 0.15) is 6.61 Å². The number of carboxylic acids is 1. The average Bonchev–Trinajstić information content (AvgIpc) is 2.16. The fraction of sp³-hybridized carbons (Fsp3) is 0.800. The summed E-state index contributed by atoms with van der Waals surface area (Å²) in [4.78, 5) is 21.2. The number of carbonyl (C=O) groups is 2. The lowest BCUT2D eigenvalue weighted by atomic mass is 10.1. The molecule has 0 radical (unpaired) electrons. The lowest BCUT2D eigenvalue weighted by Crippen LogP contribution is -2.37. The van der Waals surface area contributed by atoms with Crippen molar-refractivity contribution in [3.8, 4) is 0 Å². The molecule has 6 heteroatoms.